The SMILES string of the molecule is CCCc1ccc(NCCn2cccn2)cc1. The van der Waals surface area contributed by atoms with E-state index >= 15 is 0 Å². The van der Waals surface area contributed by atoms with Crippen molar-refractivity contribution < 1.29 is 0 Å². The van der Waals surface area contributed by atoms with Gasteiger partial charge in [-0.2, -0.15) is 5.10 Å². The molecule has 0 aliphatic heterocycles. The predicted molar refractivity (Wildman–Crippen MR) is 71.2 cm³/mol. The average Bonchev–Trinajstić information content (AvgIpc) is 2.85. The first kappa shape index (κ1) is 11.7. The fraction of sp³-hybridized carbons (Fsp3) is 0.357. The minimum Gasteiger partial charge on any atom is -0.383 e. The second-order valence-corrected chi connectivity index (χ2v) is 4.14. The monoisotopic (exact) mass is 229 g/mol. The molecule has 17 heavy (non-hydrogen) atoms. The summed E-state index contributed by atoms with van der Waals surface area (Å²) in [4.78, 5) is 0. The molecule has 0 saturated heterocycles. The Morgan fingerprint density at radius 1 is 1.24 bits per heavy atom. The standard InChI is InChI=1S/C14H19N3/c1-2-4-13-5-7-14(8-6-13)15-10-12-17-11-3-9-16-17/h3,5-9,11,15H,2,4,10,12H2,1H3. The Kier molecular flexibility index (Phi) is 4.19. The minimum absolute atomic E-state index is 0.893. The first-order valence-electron chi connectivity index (χ1n) is 6.18. The van der Waals surface area contributed by atoms with Crippen LogP contribution in [-0.4, -0.2) is 16.3 Å². The van der Waals surface area contributed by atoms with Gasteiger partial charge in [-0.25, -0.2) is 0 Å². The Morgan fingerprint density at radius 2 is 2.06 bits per heavy atom. The molecule has 3 nitrogen and oxygen atoms in total. The largest absolute Gasteiger partial charge is 0.383 e. The summed E-state index contributed by atoms with van der Waals surface area (Å²) < 4.78 is 1.93. The average molecular weight is 229 g/mol. The van der Waals surface area contributed by atoms with Crippen molar-refractivity contribution in [2.24, 2.45) is 0 Å². The lowest BCUT2D eigenvalue weighted by Crippen LogP contribution is -2.10. The topological polar surface area (TPSA) is 29.9 Å². The second-order valence-electron chi connectivity index (χ2n) is 4.14. The molecule has 2 aromatic rings. The molecule has 0 bridgehead atoms. The third-order valence-corrected chi connectivity index (χ3v) is 2.72. The molecule has 1 aromatic heterocycles. The first-order chi connectivity index (χ1) is 8.38. The van der Waals surface area contributed by atoms with Gasteiger partial charge in [0.25, 0.3) is 0 Å². The predicted octanol–water partition coefficient (Wildman–Crippen LogP) is 2.95. The van der Waals surface area contributed by atoms with Crippen molar-refractivity contribution >= 4 is 5.69 Å². The Balaban J connectivity index is 1.79. The van der Waals surface area contributed by atoms with Crippen LogP contribution < -0.4 is 5.32 Å². The number of aromatic nitrogens is 2. The molecule has 0 unspecified atom stereocenters. The molecule has 1 N–H and O–H groups in total. The number of nitrogens with zero attached hydrogens (tertiary/aromatic N) is 2. The summed E-state index contributed by atoms with van der Waals surface area (Å²) >= 11 is 0. The van der Waals surface area contributed by atoms with Gasteiger partial charge in [0, 0.05) is 24.6 Å². The second kappa shape index (κ2) is 6.09. The number of nitrogens with one attached hydrogen (secondary N) is 1. The zero-order chi connectivity index (χ0) is 11.9. The van der Waals surface area contributed by atoms with Crippen LogP contribution in [0.15, 0.2) is 42.7 Å². The van der Waals surface area contributed by atoms with Crippen LogP contribution in [-0.2, 0) is 13.0 Å². The molecule has 0 saturated carbocycles. The molecule has 0 fully saturated rings. The van der Waals surface area contributed by atoms with E-state index in [-0.39, 0.29) is 0 Å². The Bertz CT molecular complexity index is 417. The fourth-order valence-corrected chi connectivity index (χ4v) is 1.83. The molecule has 0 radical (unpaired) electrons. The van der Waals surface area contributed by atoms with E-state index in [2.05, 4.69) is 41.6 Å². The van der Waals surface area contributed by atoms with Crippen molar-refractivity contribution in [1.82, 2.24) is 9.78 Å². The summed E-state index contributed by atoms with van der Waals surface area (Å²) in [6, 6.07) is 10.6. The summed E-state index contributed by atoms with van der Waals surface area (Å²) in [7, 11) is 0. The number of hydrogen-bond donors (Lipinski definition) is 1. The summed E-state index contributed by atoms with van der Waals surface area (Å²) in [5, 5.41) is 7.55. The van der Waals surface area contributed by atoms with Gasteiger partial charge in [0.1, 0.15) is 0 Å². The number of hydrogen-bond acceptors (Lipinski definition) is 2. The molecule has 2 rings (SSSR count). The molecule has 3 heteroatoms. The molecule has 0 aliphatic carbocycles. The minimum atomic E-state index is 0.893. The lowest BCUT2D eigenvalue weighted by atomic mass is 10.1. The van der Waals surface area contributed by atoms with Gasteiger partial charge in [-0.05, 0) is 30.2 Å². The quantitative estimate of drug-likeness (QED) is 0.825. The Labute approximate surface area is 102 Å². The van der Waals surface area contributed by atoms with Crippen LogP contribution in [0, 0.1) is 0 Å². The highest BCUT2D eigenvalue weighted by molar-refractivity contribution is 5.44. The van der Waals surface area contributed by atoms with Crippen LogP contribution in [0.5, 0.6) is 0 Å². The van der Waals surface area contributed by atoms with Crippen LogP contribution in [0.1, 0.15) is 18.9 Å². The van der Waals surface area contributed by atoms with E-state index in [1.165, 1.54) is 17.7 Å². The molecular weight excluding hydrogens is 210 g/mol. The zero-order valence-electron chi connectivity index (χ0n) is 10.3. The van der Waals surface area contributed by atoms with Crippen LogP contribution in [0.25, 0.3) is 0 Å². The third-order valence-electron chi connectivity index (χ3n) is 2.72. The summed E-state index contributed by atoms with van der Waals surface area (Å²) in [5.41, 5.74) is 2.59. The molecule has 1 aromatic carbocycles. The van der Waals surface area contributed by atoms with E-state index in [1.807, 2.05) is 16.9 Å². The van der Waals surface area contributed by atoms with E-state index in [0.717, 1.165) is 19.5 Å². The highest BCUT2D eigenvalue weighted by Crippen LogP contribution is 2.10. The maximum atomic E-state index is 4.16. The summed E-state index contributed by atoms with van der Waals surface area (Å²) in [6.45, 7) is 3.99. The summed E-state index contributed by atoms with van der Waals surface area (Å²) in [5.74, 6) is 0. The van der Waals surface area contributed by atoms with Crippen LogP contribution in [0.4, 0.5) is 5.69 Å². The van der Waals surface area contributed by atoms with Crippen LogP contribution in [0.2, 0.25) is 0 Å². The molecule has 1 heterocycles. The third kappa shape index (κ3) is 3.63. The smallest absolute Gasteiger partial charge is 0.0582 e. The number of rotatable bonds is 6. The highest BCUT2D eigenvalue weighted by atomic mass is 15.3. The molecular formula is C14H19N3. The molecule has 0 amide bonds. The number of anilines is 1. The zero-order valence-corrected chi connectivity index (χ0v) is 10.3. The van der Waals surface area contributed by atoms with E-state index in [4.69, 9.17) is 0 Å². The van der Waals surface area contributed by atoms with Gasteiger partial charge in [0.15, 0.2) is 0 Å². The van der Waals surface area contributed by atoms with Crippen molar-refractivity contribution in [3.63, 3.8) is 0 Å². The first-order valence-corrected chi connectivity index (χ1v) is 6.18. The van der Waals surface area contributed by atoms with Gasteiger partial charge in [-0.15, -0.1) is 0 Å². The van der Waals surface area contributed by atoms with Gasteiger partial charge in [-0.1, -0.05) is 25.5 Å². The molecule has 0 spiro atoms. The molecule has 0 aliphatic rings. The summed E-state index contributed by atoms with van der Waals surface area (Å²) in [6.07, 6.45) is 6.14. The van der Waals surface area contributed by atoms with Crippen LogP contribution in [0.3, 0.4) is 0 Å². The number of benzene rings is 1. The van der Waals surface area contributed by atoms with E-state index in [0.29, 0.717) is 0 Å². The van der Waals surface area contributed by atoms with Crippen molar-refractivity contribution in [2.75, 3.05) is 11.9 Å². The maximum absolute atomic E-state index is 4.16. The van der Waals surface area contributed by atoms with E-state index in [9.17, 15) is 0 Å². The fourth-order valence-electron chi connectivity index (χ4n) is 1.83. The van der Waals surface area contributed by atoms with Gasteiger partial charge < -0.3 is 5.32 Å². The number of aryl methyl sites for hydroxylation is 1. The molecule has 90 valence electrons. The maximum Gasteiger partial charge on any atom is 0.0582 e. The van der Waals surface area contributed by atoms with Gasteiger partial charge in [0.2, 0.25) is 0 Å². The van der Waals surface area contributed by atoms with Crippen LogP contribution >= 0.6 is 0 Å². The molecule has 0 atom stereocenters. The van der Waals surface area contributed by atoms with Crippen molar-refractivity contribution in [3.8, 4) is 0 Å². The lowest BCUT2D eigenvalue weighted by molar-refractivity contribution is 0.638. The van der Waals surface area contributed by atoms with Crippen molar-refractivity contribution in [3.05, 3.63) is 48.3 Å². The van der Waals surface area contributed by atoms with Gasteiger partial charge in [-0.3, -0.25) is 4.68 Å². The normalized spacial score (nSPS) is 10.4. The van der Waals surface area contributed by atoms with Gasteiger partial charge >= 0.3 is 0 Å². The highest BCUT2D eigenvalue weighted by Gasteiger charge is 1.94. The Hall–Kier alpha value is -1.77. The van der Waals surface area contributed by atoms with E-state index < -0.39 is 0 Å². The lowest BCUT2D eigenvalue weighted by Gasteiger charge is -2.07. The van der Waals surface area contributed by atoms with Crippen molar-refractivity contribution in [2.45, 2.75) is 26.3 Å². The van der Waals surface area contributed by atoms with E-state index in [1.54, 1.807) is 6.20 Å². The van der Waals surface area contributed by atoms with Gasteiger partial charge in [0.05, 0.1) is 6.54 Å². The Morgan fingerprint density at radius 3 is 2.71 bits per heavy atom. The van der Waals surface area contributed by atoms with Crippen molar-refractivity contribution in [1.29, 1.82) is 0 Å².